The quantitative estimate of drug-likeness (QED) is 0.787. The van der Waals surface area contributed by atoms with Crippen molar-refractivity contribution < 1.29 is 0 Å². The second-order valence-electron chi connectivity index (χ2n) is 3.36. The number of nitrogens with one attached hydrogen (secondary N) is 1. The number of benzene rings is 1. The zero-order valence-corrected chi connectivity index (χ0v) is 8.70. The number of hydrogen-bond acceptors (Lipinski definition) is 4. The van der Waals surface area contributed by atoms with Gasteiger partial charge in [0.2, 0.25) is 0 Å². The molecule has 0 fully saturated rings. The van der Waals surface area contributed by atoms with Crippen LogP contribution in [0.3, 0.4) is 0 Å². The lowest BCUT2D eigenvalue weighted by molar-refractivity contribution is 1.00. The van der Waals surface area contributed by atoms with Crippen LogP contribution in [0.5, 0.6) is 0 Å². The van der Waals surface area contributed by atoms with E-state index in [4.69, 9.17) is 5.73 Å². The molecule has 0 aliphatic heterocycles. The van der Waals surface area contributed by atoms with Crippen molar-refractivity contribution in [3.05, 3.63) is 30.0 Å². The van der Waals surface area contributed by atoms with Crippen LogP contribution in [0.1, 0.15) is 5.69 Å². The van der Waals surface area contributed by atoms with Gasteiger partial charge in [-0.25, -0.2) is 9.97 Å². The predicted octanol–water partition coefficient (Wildman–Crippen LogP) is 1.31. The summed E-state index contributed by atoms with van der Waals surface area (Å²) >= 11 is 0. The zero-order chi connectivity index (χ0) is 10.7. The number of para-hydroxylation sites is 2. The molecular formula is C11H14N4. The minimum Gasteiger partial charge on any atom is -0.367 e. The van der Waals surface area contributed by atoms with Gasteiger partial charge in [0.05, 0.1) is 16.7 Å². The number of nitrogens with two attached hydrogens (primary N) is 1. The highest BCUT2D eigenvalue weighted by Gasteiger charge is 2.02. The van der Waals surface area contributed by atoms with Gasteiger partial charge in [-0.15, -0.1) is 0 Å². The van der Waals surface area contributed by atoms with E-state index in [1.807, 2.05) is 31.2 Å². The lowest BCUT2D eigenvalue weighted by atomic mass is 10.3. The van der Waals surface area contributed by atoms with Crippen LogP contribution >= 0.6 is 0 Å². The molecule has 3 N–H and O–H groups in total. The van der Waals surface area contributed by atoms with Crippen molar-refractivity contribution in [1.82, 2.24) is 9.97 Å². The van der Waals surface area contributed by atoms with Gasteiger partial charge in [0.15, 0.2) is 0 Å². The molecule has 0 saturated carbocycles. The molecule has 0 bridgehead atoms. The summed E-state index contributed by atoms with van der Waals surface area (Å²) < 4.78 is 0. The van der Waals surface area contributed by atoms with Crippen LogP contribution in [-0.2, 0) is 0 Å². The van der Waals surface area contributed by atoms with E-state index in [1.165, 1.54) is 0 Å². The van der Waals surface area contributed by atoms with Gasteiger partial charge in [-0.2, -0.15) is 0 Å². The second-order valence-corrected chi connectivity index (χ2v) is 3.36. The SMILES string of the molecule is Cc1nc2ccccc2nc1NCCN. The van der Waals surface area contributed by atoms with E-state index in [-0.39, 0.29) is 0 Å². The van der Waals surface area contributed by atoms with Gasteiger partial charge >= 0.3 is 0 Å². The minimum atomic E-state index is 0.591. The van der Waals surface area contributed by atoms with E-state index in [0.717, 1.165) is 22.5 Å². The minimum absolute atomic E-state index is 0.591. The van der Waals surface area contributed by atoms with Crippen molar-refractivity contribution in [3.8, 4) is 0 Å². The zero-order valence-electron chi connectivity index (χ0n) is 8.70. The lowest BCUT2D eigenvalue weighted by Crippen LogP contribution is -2.15. The standard InChI is InChI=1S/C11H14N4/c1-8-11(13-7-6-12)15-10-5-3-2-4-9(10)14-8/h2-5H,6-7,12H2,1H3,(H,13,15). The molecule has 1 aromatic heterocycles. The molecule has 0 atom stereocenters. The van der Waals surface area contributed by atoms with Crippen molar-refractivity contribution in [1.29, 1.82) is 0 Å². The first-order valence-corrected chi connectivity index (χ1v) is 4.98. The molecular weight excluding hydrogens is 188 g/mol. The Morgan fingerprint density at radius 1 is 1.20 bits per heavy atom. The van der Waals surface area contributed by atoms with Crippen LogP contribution in [-0.4, -0.2) is 23.1 Å². The Kier molecular flexibility index (Phi) is 2.78. The molecule has 1 aromatic carbocycles. The van der Waals surface area contributed by atoms with Crippen molar-refractivity contribution in [2.75, 3.05) is 18.4 Å². The average molecular weight is 202 g/mol. The van der Waals surface area contributed by atoms with Crippen LogP contribution in [0, 0.1) is 6.92 Å². The summed E-state index contributed by atoms with van der Waals surface area (Å²) in [4.78, 5) is 8.95. The number of rotatable bonds is 3. The summed E-state index contributed by atoms with van der Waals surface area (Å²) in [5.74, 6) is 0.819. The van der Waals surface area contributed by atoms with Crippen LogP contribution in [0.4, 0.5) is 5.82 Å². The van der Waals surface area contributed by atoms with Gasteiger partial charge in [0.25, 0.3) is 0 Å². The third-order valence-corrected chi connectivity index (χ3v) is 2.18. The van der Waals surface area contributed by atoms with E-state index in [0.29, 0.717) is 13.1 Å². The van der Waals surface area contributed by atoms with E-state index >= 15 is 0 Å². The molecule has 2 rings (SSSR count). The Labute approximate surface area is 88.5 Å². The summed E-state index contributed by atoms with van der Waals surface area (Å²) in [6.07, 6.45) is 0. The molecule has 0 aliphatic rings. The molecule has 0 aliphatic carbocycles. The number of nitrogens with zero attached hydrogens (tertiary/aromatic N) is 2. The summed E-state index contributed by atoms with van der Waals surface area (Å²) in [5, 5.41) is 3.16. The van der Waals surface area contributed by atoms with Crippen molar-refractivity contribution in [2.24, 2.45) is 5.73 Å². The van der Waals surface area contributed by atoms with Crippen LogP contribution in [0.25, 0.3) is 11.0 Å². The normalized spacial score (nSPS) is 10.5. The third kappa shape index (κ3) is 2.05. The predicted molar refractivity (Wildman–Crippen MR) is 61.8 cm³/mol. The number of hydrogen-bond donors (Lipinski definition) is 2. The van der Waals surface area contributed by atoms with Gasteiger partial charge in [-0.05, 0) is 19.1 Å². The maximum atomic E-state index is 5.43. The third-order valence-electron chi connectivity index (χ3n) is 2.18. The van der Waals surface area contributed by atoms with E-state index in [2.05, 4.69) is 15.3 Å². The van der Waals surface area contributed by atoms with Gasteiger partial charge in [0.1, 0.15) is 5.82 Å². The Hall–Kier alpha value is -1.68. The van der Waals surface area contributed by atoms with Crippen LogP contribution in [0.2, 0.25) is 0 Å². The van der Waals surface area contributed by atoms with Gasteiger partial charge < -0.3 is 11.1 Å². The second kappa shape index (κ2) is 4.23. The Morgan fingerprint density at radius 2 is 1.87 bits per heavy atom. The van der Waals surface area contributed by atoms with Crippen LogP contribution < -0.4 is 11.1 Å². The largest absolute Gasteiger partial charge is 0.367 e. The fourth-order valence-electron chi connectivity index (χ4n) is 1.45. The van der Waals surface area contributed by atoms with Crippen molar-refractivity contribution in [2.45, 2.75) is 6.92 Å². The highest BCUT2D eigenvalue weighted by Crippen LogP contribution is 2.15. The van der Waals surface area contributed by atoms with Gasteiger partial charge in [0, 0.05) is 13.1 Å². The molecule has 0 radical (unpaired) electrons. The molecule has 78 valence electrons. The Balaban J connectivity index is 2.43. The first-order chi connectivity index (χ1) is 7.31. The highest BCUT2D eigenvalue weighted by molar-refractivity contribution is 5.76. The lowest BCUT2D eigenvalue weighted by Gasteiger charge is -2.07. The molecule has 1 heterocycles. The molecule has 0 amide bonds. The smallest absolute Gasteiger partial charge is 0.148 e. The maximum absolute atomic E-state index is 5.43. The van der Waals surface area contributed by atoms with Crippen LogP contribution in [0.15, 0.2) is 24.3 Å². The van der Waals surface area contributed by atoms with Crippen molar-refractivity contribution >= 4 is 16.9 Å². The summed E-state index contributed by atoms with van der Waals surface area (Å²) in [7, 11) is 0. The van der Waals surface area contributed by atoms with Crippen molar-refractivity contribution in [3.63, 3.8) is 0 Å². The Morgan fingerprint density at radius 3 is 2.53 bits per heavy atom. The van der Waals surface area contributed by atoms with Gasteiger partial charge in [-0.3, -0.25) is 0 Å². The molecule has 15 heavy (non-hydrogen) atoms. The molecule has 0 spiro atoms. The molecule has 0 unspecified atom stereocenters. The number of anilines is 1. The number of fused-ring (bicyclic) bond motifs is 1. The summed E-state index contributed by atoms with van der Waals surface area (Å²) in [6.45, 7) is 3.25. The molecule has 2 aromatic rings. The number of aryl methyl sites for hydroxylation is 1. The van der Waals surface area contributed by atoms with Gasteiger partial charge in [-0.1, -0.05) is 12.1 Å². The fourth-order valence-corrected chi connectivity index (χ4v) is 1.45. The monoisotopic (exact) mass is 202 g/mol. The molecule has 4 nitrogen and oxygen atoms in total. The summed E-state index contributed by atoms with van der Waals surface area (Å²) in [5.41, 5.74) is 8.16. The van der Waals surface area contributed by atoms with E-state index in [9.17, 15) is 0 Å². The fraction of sp³-hybridized carbons (Fsp3) is 0.273. The molecule has 4 heteroatoms. The van der Waals surface area contributed by atoms with E-state index < -0.39 is 0 Å². The first-order valence-electron chi connectivity index (χ1n) is 4.98. The average Bonchev–Trinajstić information content (AvgIpc) is 2.26. The van der Waals surface area contributed by atoms with E-state index in [1.54, 1.807) is 0 Å². The highest BCUT2D eigenvalue weighted by atomic mass is 15.0. The topological polar surface area (TPSA) is 63.8 Å². The Bertz CT molecular complexity index is 467. The number of aromatic nitrogens is 2. The molecule has 0 saturated heterocycles. The maximum Gasteiger partial charge on any atom is 0.148 e. The first kappa shape index (κ1) is 9.86. The summed E-state index contributed by atoms with van der Waals surface area (Å²) in [6, 6.07) is 7.83.